The van der Waals surface area contributed by atoms with Crippen molar-refractivity contribution in [2.24, 2.45) is 17.4 Å². The van der Waals surface area contributed by atoms with Crippen molar-refractivity contribution >= 4 is 17.8 Å². The molecule has 0 heterocycles. The lowest BCUT2D eigenvalue weighted by molar-refractivity contribution is -0.138. The van der Waals surface area contributed by atoms with Crippen LogP contribution in [0.3, 0.4) is 0 Å². The normalized spacial score (nSPS) is 10.8. The maximum atomic E-state index is 10.9. The zero-order valence-corrected chi connectivity index (χ0v) is 10.2. The van der Waals surface area contributed by atoms with Crippen molar-refractivity contribution < 1.29 is 19.5 Å². The summed E-state index contributed by atoms with van der Waals surface area (Å²) in [7, 11) is 0. The summed E-state index contributed by atoms with van der Waals surface area (Å²) in [5.41, 5.74) is 9.22. The molecular formula is C10H21N3O4. The van der Waals surface area contributed by atoms with Crippen LogP contribution in [0.5, 0.6) is 0 Å². The van der Waals surface area contributed by atoms with E-state index in [9.17, 15) is 14.4 Å². The monoisotopic (exact) mass is 247 g/mol. The van der Waals surface area contributed by atoms with Gasteiger partial charge in [-0.05, 0) is 5.92 Å². The van der Waals surface area contributed by atoms with Gasteiger partial charge in [-0.25, -0.2) is 0 Å². The molecule has 0 aromatic heterocycles. The summed E-state index contributed by atoms with van der Waals surface area (Å²) in [5.74, 6) is -1.34. The first-order valence-electron chi connectivity index (χ1n) is 5.30. The molecule has 0 rings (SSSR count). The number of primary amides is 1. The van der Waals surface area contributed by atoms with Gasteiger partial charge in [0.15, 0.2) is 0 Å². The molecule has 0 radical (unpaired) electrons. The van der Waals surface area contributed by atoms with E-state index in [0.29, 0.717) is 12.3 Å². The molecule has 0 aromatic rings. The molecule has 1 atom stereocenters. The SMILES string of the molecule is CCC(C)CC(=O)NCC(=O)O.NCC(N)=O. The number of aliphatic carboxylic acids is 1. The van der Waals surface area contributed by atoms with Gasteiger partial charge in [0.25, 0.3) is 0 Å². The summed E-state index contributed by atoms with van der Waals surface area (Å²) < 4.78 is 0. The molecule has 0 aliphatic rings. The number of hydrogen-bond donors (Lipinski definition) is 4. The number of carboxylic acids is 1. The Kier molecular flexibility index (Phi) is 11.4. The molecule has 17 heavy (non-hydrogen) atoms. The second-order valence-corrected chi connectivity index (χ2v) is 3.56. The Bertz CT molecular complexity index is 256. The zero-order valence-electron chi connectivity index (χ0n) is 10.2. The molecule has 100 valence electrons. The van der Waals surface area contributed by atoms with E-state index in [1.807, 2.05) is 13.8 Å². The smallest absolute Gasteiger partial charge is 0.322 e. The molecule has 0 saturated carbocycles. The number of amides is 2. The highest BCUT2D eigenvalue weighted by molar-refractivity contribution is 5.81. The summed E-state index contributed by atoms with van der Waals surface area (Å²) in [4.78, 5) is 30.5. The third kappa shape index (κ3) is 17.0. The molecule has 1 unspecified atom stereocenters. The zero-order chi connectivity index (χ0) is 13.8. The summed E-state index contributed by atoms with van der Waals surface area (Å²) in [6, 6.07) is 0. The van der Waals surface area contributed by atoms with E-state index < -0.39 is 11.9 Å². The van der Waals surface area contributed by atoms with Crippen LogP contribution in [0.2, 0.25) is 0 Å². The van der Waals surface area contributed by atoms with E-state index in [1.165, 1.54) is 0 Å². The van der Waals surface area contributed by atoms with Crippen LogP contribution >= 0.6 is 0 Å². The first-order valence-corrected chi connectivity index (χ1v) is 5.30. The fourth-order valence-electron chi connectivity index (χ4n) is 0.707. The third-order valence-electron chi connectivity index (χ3n) is 1.87. The van der Waals surface area contributed by atoms with Crippen LogP contribution in [0.15, 0.2) is 0 Å². The Balaban J connectivity index is 0. The molecule has 0 aromatic carbocycles. The van der Waals surface area contributed by atoms with Crippen LogP contribution in [0, 0.1) is 5.92 Å². The Morgan fingerprint density at radius 3 is 2.12 bits per heavy atom. The van der Waals surface area contributed by atoms with Crippen molar-refractivity contribution in [2.45, 2.75) is 26.7 Å². The Morgan fingerprint density at radius 2 is 1.82 bits per heavy atom. The molecule has 0 fully saturated rings. The summed E-state index contributed by atoms with van der Waals surface area (Å²) in [6.07, 6.45) is 1.34. The maximum absolute atomic E-state index is 10.9. The van der Waals surface area contributed by atoms with Crippen molar-refractivity contribution in [3.8, 4) is 0 Å². The molecule has 6 N–H and O–H groups in total. The fourth-order valence-corrected chi connectivity index (χ4v) is 0.707. The number of nitrogens with two attached hydrogens (primary N) is 2. The fraction of sp³-hybridized carbons (Fsp3) is 0.700. The second-order valence-electron chi connectivity index (χ2n) is 3.56. The average Bonchev–Trinajstić information content (AvgIpc) is 2.26. The minimum atomic E-state index is -1.01. The average molecular weight is 247 g/mol. The molecule has 0 spiro atoms. The van der Waals surface area contributed by atoms with Crippen molar-refractivity contribution in [3.05, 3.63) is 0 Å². The number of hydrogen-bond acceptors (Lipinski definition) is 4. The number of rotatable bonds is 6. The van der Waals surface area contributed by atoms with Crippen LogP contribution in [0.1, 0.15) is 26.7 Å². The van der Waals surface area contributed by atoms with Gasteiger partial charge in [-0.1, -0.05) is 20.3 Å². The Labute approximate surface area is 101 Å². The molecule has 0 saturated heterocycles. The lowest BCUT2D eigenvalue weighted by Gasteiger charge is -2.06. The van der Waals surface area contributed by atoms with E-state index in [-0.39, 0.29) is 19.0 Å². The van der Waals surface area contributed by atoms with E-state index in [2.05, 4.69) is 11.1 Å². The van der Waals surface area contributed by atoms with Crippen LogP contribution in [-0.4, -0.2) is 36.0 Å². The highest BCUT2D eigenvalue weighted by atomic mass is 16.4. The number of carbonyl (C=O) groups is 3. The Morgan fingerprint density at radius 1 is 1.35 bits per heavy atom. The van der Waals surface area contributed by atoms with Gasteiger partial charge >= 0.3 is 5.97 Å². The van der Waals surface area contributed by atoms with Gasteiger partial charge in [-0.15, -0.1) is 0 Å². The van der Waals surface area contributed by atoms with Gasteiger partial charge < -0.3 is 21.9 Å². The number of carboxylic acid groups (broad SMARTS) is 1. The van der Waals surface area contributed by atoms with E-state index in [4.69, 9.17) is 10.8 Å². The summed E-state index contributed by atoms with van der Waals surface area (Å²) in [6.45, 7) is 3.62. The van der Waals surface area contributed by atoms with Crippen LogP contribution in [0.4, 0.5) is 0 Å². The van der Waals surface area contributed by atoms with Crippen LogP contribution < -0.4 is 16.8 Å². The Hall–Kier alpha value is -1.63. The molecule has 0 aliphatic carbocycles. The topological polar surface area (TPSA) is 136 Å². The van der Waals surface area contributed by atoms with E-state index in [1.54, 1.807) is 0 Å². The minimum absolute atomic E-state index is 0.0556. The van der Waals surface area contributed by atoms with Gasteiger partial charge in [0.05, 0.1) is 6.54 Å². The van der Waals surface area contributed by atoms with Crippen LogP contribution in [0.25, 0.3) is 0 Å². The van der Waals surface area contributed by atoms with Crippen molar-refractivity contribution in [1.82, 2.24) is 5.32 Å². The molecule has 7 heteroatoms. The lowest BCUT2D eigenvalue weighted by atomic mass is 10.1. The van der Waals surface area contributed by atoms with Gasteiger partial charge in [0.2, 0.25) is 11.8 Å². The molecule has 0 bridgehead atoms. The van der Waals surface area contributed by atoms with Crippen LogP contribution in [-0.2, 0) is 14.4 Å². The van der Waals surface area contributed by atoms with Crippen molar-refractivity contribution in [1.29, 1.82) is 0 Å². The third-order valence-corrected chi connectivity index (χ3v) is 1.87. The minimum Gasteiger partial charge on any atom is -0.480 e. The maximum Gasteiger partial charge on any atom is 0.322 e. The lowest BCUT2D eigenvalue weighted by Crippen LogP contribution is -2.30. The van der Waals surface area contributed by atoms with E-state index in [0.717, 1.165) is 6.42 Å². The van der Waals surface area contributed by atoms with Gasteiger partial charge in [-0.3, -0.25) is 14.4 Å². The number of carbonyl (C=O) groups excluding carboxylic acids is 2. The highest BCUT2D eigenvalue weighted by Crippen LogP contribution is 2.04. The van der Waals surface area contributed by atoms with Gasteiger partial charge in [0, 0.05) is 6.42 Å². The predicted molar refractivity (Wildman–Crippen MR) is 63.0 cm³/mol. The second kappa shape index (κ2) is 10.9. The van der Waals surface area contributed by atoms with Gasteiger partial charge in [-0.2, -0.15) is 0 Å². The largest absolute Gasteiger partial charge is 0.480 e. The first kappa shape index (κ1) is 17.8. The molecule has 2 amide bonds. The molecular weight excluding hydrogens is 226 g/mol. The highest BCUT2D eigenvalue weighted by Gasteiger charge is 2.07. The summed E-state index contributed by atoms with van der Waals surface area (Å²) in [5, 5.41) is 10.5. The van der Waals surface area contributed by atoms with E-state index >= 15 is 0 Å². The summed E-state index contributed by atoms with van der Waals surface area (Å²) >= 11 is 0. The van der Waals surface area contributed by atoms with Crippen molar-refractivity contribution in [2.75, 3.05) is 13.1 Å². The predicted octanol–water partition coefficient (Wildman–Crippen LogP) is -0.946. The molecule has 0 aliphatic heterocycles. The molecule has 7 nitrogen and oxygen atoms in total. The quantitative estimate of drug-likeness (QED) is 0.480. The standard InChI is InChI=1S/C8H15NO3.C2H6N2O/c1-3-6(2)4-7(10)9-5-8(11)12;3-1-2(4)5/h6H,3-5H2,1-2H3,(H,9,10)(H,11,12);1,3H2,(H2,4,5). The van der Waals surface area contributed by atoms with Gasteiger partial charge in [0.1, 0.15) is 6.54 Å². The first-order chi connectivity index (χ1) is 7.83. The van der Waals surface area contributed by atoms with Crippen molar-refractivity contribution in [3.63, 3.8) is 0 Å². The number of nitrogens with one attached hydrogen (secondary N) is 1.